The molecule has 0 amide bonds. The number of nitrogens with zero attached hydrogens (tertiary/aromatic N) is 4. The Morgan fingerprint density at radius 2 is 1.86 bits per heavy atom. The molecule has 2 aliphatic heterocycles. The van der Waals surface area contributed by atoms with Crippen LogP contribution in [0.3, 0.4) is 0 Å². The van der Waals surface area contributed by atoms with Crippen LogP contribution in [0, 0.1) is 17.1 Å². The molecular weight excluding hydrogens is 439 g/mol. The molecule has 0 bridgehead atoms. The van der Waals surface area contributed by atoms with Crippen molar-refractivity contribution in [3.8, 4) is 11.8 Å². The number of rotatable bonds is 3. The first-order valence-corrected chi connectivity index (χ1v) is 12.0. The molecule has 4 aromatic rings. The van der Waals surface area contributed by atoms with Crippen molar-refractivity contribution >= 4 is 22.6 Å². The molecule has 174 valence electrons. The standard InChI is InChI=1S/C29H25FN4O/c1-19(16-31)28-23-10-8-20(14-21(23)18-35-27-15-22(30)9-11-24(27)28)17-34-26-7-3-2-6-25(26)32-29(34)33-12-4-5-13-33/h2-3,6-11,14-15H,4-5,12-13,17-18H2,1H3/b28-19-. The lowest BCUT2D eigenvalue weighted by molar-refractivity contribution is 0.305. The third kappa shape index (κ3) is 3.74. The van der Waals surface area contributed by atoms with Crippen molar-refractivity contribution in [1.82, 2.24) is 9.55 Å². The highest BCUT2D eigenvalue weighted by Crippen LogP contribution is 2.39. The van der Waals surface area contributed by atoms with Crippen molar-refractivity contribution in [3.05, 3.63) is 94.3 Å². The quantitative estimate of drug-likeness (QED) is 0.346. The molecule has 0 unspecified atom stereocenters. The third-order valence-electron chi connectivity index (χ3n) is 6.94. The van der Waals surface area contributed by atoms with Gasteiger partial charge in [0.2, 0.25) is 5.95 Å². The first-order chi connectivity index (χ1) is 17.1. The molecule has 3 aromatic carbocycles. The van der Waals surface area contributed by atoms with E-state index in [4.69, 9.17) is 9.72 Å². The summed E-state index contributed by atoms with van der Waals surface area (Å²) in [4.78, 5) is 7.33. The zero-order valence-corrected chi connectivity index (χ0v) is 19.6. The molecule has 1 saturated heterocycles. The maximum Gasteiger partial charge on any atom is 0.206 e. The van der Waals surface area contributed by atoms with Crippen LogP contribution in [0.15, 0.2) is 66.2 Å². The van der Waals surface area contributed by atoms with Crippen molar-refractivity contribution in [1.29, 1.82) is 5.26 Å². The van der Waals surface area contributed by atoms with Gasteiger partial charge in [-0.3, -0.25) is 0 Å². The van der Waals surface area contributed by atoms with Gasteiger partial charge in [0.25, 0.3) is 0 Å². The summed E-state index contributed by atoms with van der Waals surface area (Å²) in [6.45, 7) is 4.84. The summed E-state index contributed by atoms with van der Waals surface area (Å²) in [5.74, 6) is 1.12. The Morgan fingerprint density at radius 3 is 2.69 bits per heavy atom. The number of imidazole rings is 1. The normalized spacial score (nSPS) is 16.3. The molecule has 3 heterocycles. The Bertz CT molecular complexity index is 1520. The van der Waals surface area contributed by atoms with Crippen LogP contribution in [0.2, 0.25) is 0 Å². The summed E-state index contributed by atoms with van der Waals surface area (Å²) in [7, 11) is 0. The zero-order valence-electron chi connectivity index (χ0n) is 19.6. The van der Waals surface area contributed by atoms with Crippen molar-refractivity contribution in [2.45, 2.75) is 32.9 Å². The van der Waals surface area contributed by atoms with E-state index in [-0.39, 0.29) is 5.82 Å². The SMILES string of the molecule is C/C(C#N)=C1\c2ccc(Cn3c(N4CCCC4)nc4ccccc43)cc2COc2cc(F)ccc21. The second-order valence-corrected chi connectivity index (χ2v) is 9.21. The van der Waals surface area contributed by atoms with E-state index in [1.165, 1.54) is 25.0 Å². The highest BCUT2D eigenvalue weighted by molar-refractivity contribution is 5.88. The second kappa shape index (κ2) is 8.59. The molecule has 0 saturated carbocycles. The van der Waals surface area contributed by atoms with Crippen molar-refractivity contribution in [2.24, 2.45) is 0 Å². The van der Waals surface area contributed by atoms with Gasteiger partial charge in [0.1, 0.15) is 18.2 Å². The summed E-state index contributed by atoms with van der Waals surface area (Å²) in [6, 6.07) is 21.4. The first-order valence-electron chi connectivity index (χ1n) is 12.0. The molecule has 2 aliphatic rings. The maximum absolute atomic E-state index is 14.0. The van der Waals surface area contributed by atoms with Crippen LogP contribution in [0.1, 0.15) is 42.0 Å². The first kappa shape index (κ1) is 21.4. The summed E-state index contributed by atoms with van der Waals surface area (Å²) in [5, 5.41) is 9.71. The number of aromatic nitrogens is 2. The van der Waals surface area contributed by atoms with Crippen molar-refractivity contribution in [2.75, 3.05) is 18.0 Å². The number of benzene rings is 3. The molecule has 35 heavy (non-hydrogen) atoms. The van der Waals surface area contributed by atoms with Crippen LogP contribution in [0.25, 0.3) is 16.6 Å². The van der Waals surface area contributed by atoms with Gasteiger partial charge in [0.05, 0.1) is 23.6 Å². The fourth-order valence-corrected chi connectivity index (χ4v) is 5.25. The van der Waals surface area contributed by atoms with Crippen molar-refractivity contribution in [3.63, 3.8) is 0 Å². The van der Waals surface area contributed by atoms with E-state index in [0.29, 0.717) is 24.5 Å². The number of ether oxygens (including phenoxy) is 1. The summed E-state index contributed by atoms with van der Waals surface area (Å²) < 4.78 is 22.3. The molecule has 0 aliphatic carbocycles. The van der Waals surface area contributed by atoms with Gasteiger partial charge in [-0.25, -0.2) is 9.37 Å². The number of hydrogen-bond acceptors (Lipinski definition) is 4. The van der Waals surface area contributed by atoms with Gasteiger partial charge < -0.3 is 14.2 Å². The summed E-state index contributed by atoms with van der Waals surface area (Å²) in [6.07, 6.45) is 2.38. The molecular formula is C29H25FN4O. The lowest BCUT2D eigenvalue weighted by atomic mass is 9.90. The van der Waals surface area contributed by atoms with Crippen LogP contribution in [0.5, 0.6) is 5.75 Å². The minimum Gasteiger partial charge on any atom is -0.488 e. The van der Waals surface area contributed by atoms with Gasteiger partial charge in [-0.05, 0) is 66.8 Å². The minimum atomic E-state index is -0.356. The van der Waals surface area contributed by atoms with Gasteiger partial charge in [-0.1, -0.05) is 24.3 Å². The van der Waals surface area contributed by atoms with E-state index >= 15 is 0 Å². The molecule has 5 nitrogen and oxygen atoms in total. The second-order valence-electron chi connectivity index (χ2n) is 9.21. The Kier molecular flexibility index (Phi) is 5.26. The molecule has 6 rings (SSSR count). The molecule has 0 atom stereocenters. The number of fused-ring (bicyclic) bond motifs is 3. The molecule has 6 heteroatoms. The Labute approximate surface area is 203 Å². The molecule has 1 aromatic heterocycles. The zero-order chi connectivity index (χ0) is 23.9. The lowest BCUT2D eigenvalue weighted by Gasteiger charge is -2.19. The number of halogens is 1. The molecule has 0 radical (unpaired) electrons. The van der Waals surface area contributed by atoms with Crippen molar-refractivity contribution < 1.29 is 9.13 Å². The van der Waals surface area contributed by atoms with Gasteiger partial charge in [-0.2, -0.15) is 5.26 Å². The summed E-state index contributed by atoms with van der Waals surface area (Å²) >= 11 is 0. The highest BCUT2D eigenvalue weighted by atomic mass is 19.1. The minimum absolute atomic E-state index is 0.311. The number of nitriles is 1. The summed E-state index contributed by atoms with van der Waals surface area (Å²) in [5.41, 5.74) is 7.30. The fraction of sp³-hybridized carbons (Fsp3) is 0.241. The van der Waals surface area contributed by atoms with E-state index in [0.717, 1.165) is 57.9 Å². The largest absolute Gasteiger partial charge is 0.488 e. The number of para-hydroxylation sites is 2. The average molecular weight is 465 g/mol. The monoisotopic (exact) mass is 464 g/mol. The lowest BCUT2D eigenvalue weighted by Crippen LogP contribution is -2.22. The van der Waals surface area contributed by atoms with E-state index in [1.54, 1.807) is 13.0 Å². The topological polar surface area (TPSA) is 54.1 Å². The van der Waals surface area contributed by atoms with Crippen LogP contribution in [-0.2, 0) is 13.2 Å². The molecule has 1 fully saturated rings. The van der Waals surface area contributed by atoms with Gasteiger partial charge in [0.15, 0.2) is 0 Å². The predicted molar refractivity (Wildman–Crippen MR) is 135 cm³/mol. The van der Waals surface area contributed by atoms with Crippen LogP contribution >= 0.6 is 0 Å². The van der Waals surface area contributed by atoms with Crippen LogP contribution in [-0.4, -0.2) is 22.6 Å². The average Bonchev–Trinajstić information content (AvgIpc) is 3.49. The van der Waals surface area contributed by atoms with E-state index < -0.39 is 0 Å². The van der Waals surface area contributed by atoms with Gasteiger partial charge in [0, 0.05) is 35.9 Å². The number of allylic oxidation sites excluding steroid dienone is 1. The fourth-order valence-electron chi connectivity index (χ4n) is 5.25. The molecule has 0 spiro atoms. The van der Waals surface area contributed by atoms with E-state index in [2.05, 4.69) is 51.9 Å². The maximum atomic E-state index is 14.0. The Hall–Kier alpha value is -4.11. The van der Waals surface area contributed by atoms with Crippen LogP contribution < -0.4 is 9.64 Å². The van der Waals surface area contributed by atoms with E-state index in [1.807, 2.05) is 6.07 Å². The third-order valence-corrected chi connectivity index (χ3v) is 6.94. The van der Waals surface area contributed by atoms with Crippen LogP contribution in [0.4, 0.5) is 10.3 Å². The Balaban J connectivity index is 1.44. The van der Waals surface area contributed by atoms with E-state index in [9.17, 15) is 9.65 Å². The number of hydrogen-bond donors (Lipinski definition) is 0. The highest BCUT2D eigenvalue weighted by Gasteiger charge is 2.24. The van der Waals surface area contributed by atoms with Gasteiger partial charge >= 0.3 is 0 Å². The Morgan fingerprint density at radius 1 is 1.06 bits per heavy atom. The smallest absolute Gasteiger partial charge is 0.206 e. The molecule has 0 N–H and O–H groups in total. The number of anilines is 1. The predicted octanol–water partition coefficient (Wildman–Crippen LogP) is 6.06. The van der Waals surface area contributed by atoms with Gasteiger partial charge in [-0.15, -0.1) is 0 Å².